The van der Waals surface area contributed by atoms with E-state index in [1.807, 2.05) is 6.92 Å². The van der Waals surface area contributed by atoms with E-state index in [1.54, 1.807) is 39.0 Å². The molecule has 1 fully saturated rings. The Morgan fingerprint density at radius 3 is 2.55 bits per heavy atom. The number of hydrogen-bond donors (Lipinski definition) is 1. The molecule has 0 aromatic heterocycles. The van der Waals surface area contributed by atoms with Crippen molar-refractivity contribution in [1.29, 1.82) is 0 Å². The van der Waals surface area contributed by atoms with Gasteiger partial charge in [0.25, 0.3) is 0 Å². The quantitative estimate of drug-likeness (QED) is 0.657. The van der Waals surface area contributed by atoms with Gasteiger partial charge in [0.2, 0.25) is 0 Å². The molecule has 5 heteroatoms. The number of carbonyl (C=O) groups excluding carboxylic acids is 2. The Balaban J connectivity index is 2.53. The van der Waals surface area contributed by atoms with Crippen molar-refractivity contribution in [2.75, 3.05) is 0 Å². The highest BCUT2D eigenvalue weighted by atomic mass is 16.6. The Hall–Kier alpha value is -1.72. The first-order valence-corrected chi connectivity index (χ1v) is 6.51. The van der Waals surface area contributed by atoms with E-state index in [-0.39, 0.29) is 11.6 Å². The van der Waals surface area contributed by atoms with Gasteiger partial charge in [-0.2, -0.15) is 5.90 Å². The van der Waals surface area contributed by atoms with Crippen LogP contribution in [0.2, 0.25) is 0 Å². The van der Waals surface area contributed by atoms with Crippen molar-refractivity contribution in [2.45, 2.75) is 45.3 Å². The summed E-state index contributed by atoms with van der Waals surface area (Å²) < 4.78 is 5.49. The van der Waals surface area contributed by atoms with Crippen LogP contribution in [0.15, 0.2) is 18.2 Å². The first-order valence-electron chi connectivity index (χ1n) is 6.51. The Bertz CT molecular complexity index is 565. The van der Waals surface area contributed by atoms with Gasteiger partial charge in [-0.1, -0.05) is 6.07 Å². The molecule has 1 aliphatic heterocycles. The summed E-state index contributed by atoms with van der Waals surface area (Å²) in [6.45, 7) is 6.89. The largest absolute Gasteiger partial charge is 0.412 e. The average molecular weight is 277 g/mol. The molecule has 2 rings (SSSR count). The van der Waals surface area contributed by atoms with Gasteiger partial charge in [0.15, 0.2) is 11.6 Å². The van der Waals surface area contributed by atoms with Crippen LogP contribution >= 0.6 is 0 Å². The van der Waals surface area contributed by atoms with Crippen molar-refractivity contribution in [3.8, 4) is 5.75 Å². The number of nitrogens with two attached hydrogens (primary N) is 1. The number of Topliss-reactive ketones (excluding diaryl/α,β-unsaturated/α-hetero) is 2. The van der Waals surface area contributed by atoms with Gasteiger partial charge in [0.1, 0.15) is 23.4 Å². The van der Waals surface area contributed by atoms with E-state index < -0.39 is 17.6 Å². The molecule has 1 aromatic rings. The number of carbonyl (C=O) groups is 2. The third-order valence-corrected chi connectivity index (χ3v) is 3.71. The van der Waals surface area contributed by atoms with Crippen LogP contribution in [-0.4, -0.2) is 23.3 Å². The van der Waals surface area contributed by atoms with Crippen molar-refractivity contribution in [2.24, 2.45) is 5.90 Å². The van der Waals surface area contributed by atoms with Gasteiger partial charge in [0.05, 0.1) is 0 Å². The molecule has 0 spiro atoms. The normalized spacial score (nSPS) is 25.6. The lowest BCUT2D eigenvalue weighted by Crippen LogP contribution is -2.52. The van der Waals surface area contributed by atoms with E-state index in [4.69, 9.17) is 15.5 Å². The minimum Gasteiger partial charge on any atom is -0.412 e. The van der Waals surface area contributed by atoms with Gasteiger partial charge in [-0.25, -0.2) is 0 Å². The monoisotopic (exact) mass is 277 g/mol. The lowest BCUT2D eigenvalue weighted by Gasteiger charge is -2.37. The Kier molecular flexibility index (Phi) is 3.67. The summed E-state index contributed by atoms with van der Waals surface area (Å²) in [6, 6.07) is 5.12. The number of ketones is 2. The number of rotatable bonds is 2. The van der Waals surface area contributed by atoms with Crippen LogP contribution in [0, 0.1) is 6.92 Å². The molecule has 2 N–H and O–H groups in total. The van der Waals surface area contributed by atoms with Crippen LogP contribution in [0.5, 0.6) is 5.75 Å². The van der Waals surface area contributed by atoms with Gasteiger partial charge in [0, 0.05) is 0 Å². The summed E-state index contributed by atoms with van der Waals surface area (Å²) in [7, 11) is 0. The Morgan fingerprint density at radius 1 is 1.30 bits per heavy atom. The molecule has 1 aromatic carbocycles. The topological polar surface area (TPSA) is 78.6 Å². The van der Waals surface area contributed by atoms with Crippen LogP contribution in [-0.2, 0) is 14.3 Å². The highest BCUT2D eigenvalue weighted by molar-refractivity contribution is 6.14. The number of ether oxygens (including phenoxy) is 1. The molecule has 0 aliphatic carbocycles. The smallest absolute Gasteiger partial charge is 0.179 e. The summed E-state index contributed by atoms with van der Waals surface area (Å²) >= 11 is 0. The van der Waals surface area contributed by atoms with Crippen LogP contribution in [0.25, 0.3) is 0 Å². The fourth-order valence-corrected chi connectivity index (χ4v) is 2.57. The van der Waals surface area contributed by atoms with Gasteiger partial charge in [-0.3, -0.25) is 9.59 Å². The molecule has 0 amide bonds. The molecular weight excluding hydrogens is 258 g/mol. The molecule has 1 heterocycles. The third-order valence-electron chi connectivity index (χ3n) is 3.71. The second-order valence-electron chi connectivity index (χ2n) is 5.61. The van der Waals surface area contributed by atoms with Crippen molar-refractivity contribution in [3.05, 3.63) is 29.3 Å². The minimum absolute atomic E-state index is 0.230. The van der Waals surface area contributed by atoms with Gasteiger partial charge in [-0.05, 0) is 51.0 Å². The zero-order valence-electron chi connectivity index (χ0n) is 12.1. The van der Waals surface area contributed by atoms with E-state index in [0.717, 1.165) is 5.56 Å². The first kappa shape index (κ1) is 14.7. The summed E-state index contributed by atoms with van der Waals surface area (Å²) in [5, 5.41) is 0. The molecule has 20 heavy (non-hydrogen) atoms. The van der Waals surface area contributed by atoms with Crippen molar-refractivity contribution >= 4 is 11.6 Å². The maximum atomic E-state index is 12.5. The number of aryl methyl sites for hydroxylation is 1. The van der Waals surface area contributed by atoms with Gasteiger partial charge in [-0.15, -0.1) is 0 Å². The van der Waals surface area contributed by atoms with Crippen LogP contribution in [0.1, 0.15) is 37.8 Å². The molecule has 2 atom stereocenters. The molecule has 1 saturated heterocycles. The third kappa shape index (κ3) is 2.34. The predicted molar refractivity (Wildman–Crippen MR) is 73.4 cm³/mol. The SMILES string of the molecule is Cc1ccc(ON)cc1C1C(=O)C(C)OC(C)(C)C1=O. The maximum Gasteiger partial charge on any atom is 0.179 e. The lowest BCUT2D eigenvalue weighted by atomic mass is 9.78. The molecule has 108 valence electrons. The van der Waals surface area contributed by atoms with E-state index in [2.05, 4.69) is 0 Å². The van der Waals surface area contributed by atoms with Crippen LogP contribution in [0.3, 0.4) is 0 Å². The highest BCUT2D eigenvalue weighted by Gasteiger charge is 2.48. The van der Waals surface area contributed by atoms with Crippen LogP contribution in [0.4, 0.5) is 0 Å². The molecular formula is C15H19NO4. The Labute approximate surface area is 118 Å². The summed E-state index contributed by atoms with van der Waals surface area (Å²) in [5.74, 6) is 4.28. The number of benzene rings is 1. The van der Waals surface area contributed by atoms with E-state index in [1.165, 1.54) is 0 Å². The molecule has 0 bridgehead atoms. The fraction of sp³-hybridized carbons (Fsp3) is 0.467. The maximum absolute atomic E-state index is 12.5. The van der Waals surface area contributed by atoms with Crippen molar-refractivity contribution in [3.63, 3.8) is 0 Å². The van der Waals surface area contributed by atoms with E-state index in [0.29, 0.717) is 11.3 Å². The Morgan fingerprint density at radius 2 is 1.95 bits per heavy atom. The average Bonchev–Trinajstić information content (AvgIpc) is 2.38. The second kappa shape index (κ2) is 5.00. The zero-order chi connectivity index (χ0) is 15.1. The molecule has 2 unspecified atom stereocenters. The number of hydrogen-bond acceptors (Lipinski definition) is 5. The van der Waals surface area contributed by atoms with E-state index >= 15 is 0 Å². The highest BCUT2D eigenvalue weighted by Crippen LogP contribution is 2.35. The summed E-state index contributed by atoms with van der Waals surface area (Å²) in [5.41, 5.74) is 0.498. The van der Waals surface area contributed by atoms with Crippen molar-refractivity contribution < 1.29 is 19.2 Å². The first-order chi connectivity index (χ1) is 9.27. The van der Waals surface area contributed by atoms with Gasteiger partial charge >= 0.3 is 0 Å². The summed E-state index contributed by atoms with van der Waals surface area (Å²) in [4.78, 5) is 29.6. The zero-order valence-corrected chi connectivity index (χ0v) is 12.1. The lowest BCUT2D eigenvalue weighted by molar-refractivity contribution is -0.168. The van der Waals surface area contributed by atoms with Crippen molar-refractivity contribution in [1.82, 2.24) is 0 Å². The molecule has 0 radical (unpaired) electrons. The van der Waals surface area contributed by atoms with Crippen LogP contribution < -0.4 is 10.7 Å². The fourth-order valence-electron chi connectivity index (χ4n) is 2.57. The second-order valence-corrected chi connectivity index (χ2v) is 5.61. The standard InChI is InChI=1S/C15H19NO4/c1-8-5-6-10(20-16)7-11(8)12-13(17)9(2)19-15(3,4)14(12)18/h5-7,9,12H,16H2,1-4H3. The van der Waals surface area contributed by atoms with E-state index in [9.17, 15) is 9.59 Å². The summed E-state index contributed by atoms with van der Waals surface area (Å²) in [6.07, 6.45) is -0.616. The molecule has 5 nitrogen and oxygen atoms in total. The minimum atomic E-state index is -0.982. The molecule has 1 aliphatic rings. The predicted octanol–water partition coefficient (Wildman–Crippen LogP) is 1.67. The molecule has 0 saturated carbocycles. The van der Waals surface area contributed by atoms with Gasteiger partial charge < -0.3 is 9.57 Å².